The second-order valence-electron chi connectivity index (χ2n) is 7.10. The van der Waals surface area contributed by atoms with Gasteiger partial charge in [-0.05, 0) is 49.8 Å². The zero-order valence-corrected chi connectivity index (χ0v) is 20.3. The number of rotatable bonds is 9. The van der Waals surface area contributed by atoms with E-state index in [1.54, 1.807) is 12.1 Å². The maximum Gasteiger partial charge on any atom is 0.422 e. The topological polar surface area (TPSA) is 48.9 Å². The molecule has 0 aliphatic rings. The lowest BCUT2D eigenvalue weighted by Crippen LogP contribution is -2.37. The lowest BCUT2D eigenvalue weighted by Gasteiger charge is -2.16. The molecule has 31 heavy (non-hydrogen) atoms. The minimum absolute atomic E-state index is 0. The molecule has 0 radical (unpaired) electrons. The van der Waals surface area contributed by atoms with E-state index in [4.69, 9.17) is 4.74 Å². The van der Waals surface area contributed by atoms with Crippen molar-refractivity contribution in [3.05, 3.63) is 65.2 Å². The lowest BCUT2D eigenvalue weighted by molar-refractivity contribution is -0.153. The second kappa shape index (κ2) is 13.4. The highest BCUT2D eigenvalue weighted by molar-refractivity contribution is 14.0. The Morgan fingerprint density at radius 1 is 1.00 bits per heavy atom. The molecule has 9 heteroatoms. The molecule has 2 aromatic carbocycles. The van der Waals surface area contributed by atoms with Crippen molar-refractivity contribution in [2.75, 3.05) is 27.2 Å². The fourth-order valence-corrected chi connectivity index (χ4v) is 2.77. The minimum Gasteiger partial charge on any atom is -0.484 e. The van der Waals surface area contributed by atoms with Gasteiger partial charge in [0.1, 0.15) is 5.75 Å². The number of nitrogens with zero attached hydrogens (tertiary/aromatic N) is 2. The molecule has 0 amide bonds. The fourth-order valence-electron chi connectivity index (χ4n) is 2.77. The average molecular weight is 550 g/mol. The molecule has 0 bridgehead atoms. The third-order valence-electron chi connectivity index (χ3n) is 4.14. The van der Waals surface area contributed by atoms with E-state index in [9.17, 15) is 13.2 Å². The molecule has 0 aliphatic carbocycles. The lowest BCUT2D eigenvalue weighted by atomic mass is 10.1. The van der Waals surface area contributed by atoms with Crippen LogP contribution in [0.4, 0.5) is 13.2 Å². The van der Waals surface area contributed by atoms with Crippen molar-refractivity contribution in [3.8, 4) is 5.75 Å². The first kappa shape index (κ1) is 27.0. The van der Waals surface area contributed by atoms with Crippen LogP contribution in [0.1, 0.15) is 23.6 Å². The van der Waals surface area contributed by atoms with E-state index >= 15 is 0 Å². The molecular formula is C22H30F3IN4O. The number of ether oxygens (including phenoxy) is 1. The number of hydrogen-bond acceptors (Lipinski definition) is 3. The number of aliphatic imine (C=N–C) groups is 1. The van der Waals surface area contributed by atoms with Crippen LogP contribution in [0.3, 0.4) is 0 Å². The van der Waals surface area contributed by atoms with Gasteiger partial charge in [0.25, 0.3) is 0 Å². The molecule has 0 saturated heterocycles. The Labute approximate surface area is 199 Å². The summed E-state index contributed by atoms with van der Waals surface area (Å²) in [6.45, 7) is 3.30. The molecule has 5 nitrogen and oxygen atoms in total. The van der Waals surface area contributed by atoms with Crippen molar-refractivity contribution < 1.29 is 17.9 Å². The van der Waals surface area contributed by atoms with E-state index in [0.717, 1.165) is 18.7 Å². The van der Waals surface area contributed by atoms with Gasteiger partial charge in [-0.2, -0.15) is 13.2 Å². The third-order valence-corrected chi connectivity index (χ3v) is 4.14. The van der Waals surface area contributed by atoms with Gasteiger partial charge in [0.15, 0.2) is 12.6 Å². The Balaban J connectivity index is 0.00000480. The quantitative estimate of drug-likeness (QED) is 0.273. The largest absolute Gasteiger partial charge is 0.484 e. The molecule has 172 valence electrons. The highest BCUT2D eigenvalue weighted by Gasteiger charge is 2.28. The van der Waals surface area contributed by atoms with Gasteiger partial charge in [0.2, 0.25) is 0 Å². The molecule has 2 aromatic rings. The molecule has 0 saturated carbocycles. The Hall–Kier alpha value is -2.01. The second-order valence-corrected chi connectivity index (χ2v) is 7.10. The molecule has 2 N–H and O–H groups in total. The van der Waals surface area contributed by atoms with E-state index in [0.29, 0.717) is 19.0 Å². The predicted molar refractivity (Wildman–Crippen MR) is 129 cm³/mol. The number of halogens is 4. The van der Waals surface area contributed by atoms with Crippen LogP contribution in [0.2, 0.25) is 0 Å². The predicted octanol–water partition coefficient (Wildman–Crippen LogP) is 4.56. The van der Waals surface area contributed by atoms with Crippen molar-refractivity contribution in [3.63, 3.8) is 0 Å². The molecule has 0 heterocycles. The Morgan fingerprint density at radius 3 is 2.23 bits per heavy atom. The summed E-state index contributed by atoms with van der Waals surface area (Å²) in [6, 6.07) is 14.7. The highest BCUT2D eigenvalue weighted by atomic mass is 127. The van der Waals surface area contributed by atoms with Gasteiger partial charge < -0.3 is 20.3 Å². The van der Waals surface area contributed by atoms with Crippen molar-refractivity contribution in [1.29, 1.82) is 0 Å². The van der Waals surface area contributed by atoms with Gasteiger partial charge in [-0.25, -0.2) is 4.99 Å². The van der Waals surface area contributed by atoms with E-state index in [1.165, 1.54) is 23.3 Å². The van der Waals surface area contributed by atoms with Gasteiger partial charge in [0.05, 0.1) is 6.54 Å². The Kier molecular flexibility index (Phi) is 11.7. The number of guanidine groups is 1. The first-order valence-corrected chi connectivity index (χ1v) is 9.79. The first-order valence-electron chi connectivity index (χ1n) is 9.79. The van der Waals surface area contributed by atoms with Crippen LogP contribution in [0, 0.1) is 0 Å². The van der Waals surface area contributed by atoms with Crippen LogP contribution in [0.5, 0.6) is 5.75 Å². The van der Waals surface area contributed by atoms with Crippen LogP contribution in [-0.2, 0) is 19.6 Å². The summed E-state index contributed by atoms with van der Waals surface area (Å²) in [6.07, 6.45) is -4.35. The zero-order valence-electron chi connectivity index (χ0n) is 18.0. The standard InChI is InChI=1S/C22H29F3N4O.HI/c1-4-26-21(28-14-18-7-5-6-8-19(18)15-29(2)3)27-13-17-9-11-20(12-10-17)30-16-22(23,24)25;/h5-12H,4,13-16H2,1-3H3,(H2,26,27,28);1H. The smallest absolute Gasteiger partial charge is 0.422 e. The Bertz CT molecular complexity index is 811. The third kappa shape index (κ3) is 10.7. The van der Waals surface area contributed by atoms with E-state index in [1.807, 2.05) is 33.2 Å². The van der Waals surface area contributed by atoms with Crippen molar-refractivity contribution in [2.45, 2.75) is 32.7 Å². The number of hydrogen-bond donors (Lipinski definition) is 2. The summed E-state index contributed by atoms with van der Waals surface area (Å²) >= 11 is 0. The first-order chi connectivity index (χ1) is 14.3. The monoisotopic (exact) mass is 550 g/mol. The van der Waals surface area contributed by atoms with Crippen molar-refractivity contribution in [2.24, 2.45) is 4.99 Å². The molecule has 0 aliphatic heterocycles. The van der Waals surface area contributed by atoms with Crippen LogP contribution >= 0.6 is 24.0 Å². The molecule has 0 atom stereocenters. The molecule has 0 fully saturated rings. The number of nitrogens with one attached hydrogen (secondary N) is 2. The summed E-state index contributed by atoms with van der Waals surface area (Å²) < 4.78 is 41.4. The number of benzene rings is 2. The molecule has 0 spiro atoms. The van der Waals surface area contributed by atoms with Gasteiger partial charge in [-0.3, -0.25) is 0 Å². The summed E-state index contributed by atoms with van der Waals surface area (Å²) in [7, 11) is 4.07. The fraction of sp³-hybridized carbons (Fsp3) is 0.409. The highest BCUT2D eigenvalue weighted by Crippen LogP contribution is 2.19. The van der Waals surface area contributed by atoms with E-state index in [-0.39, 0.29) is 29.7 Å². The average Bonchev–Trinajstić information content (AvgIpc) is 2.69. The van der Waals surface area contributed by atoms with Crippen LogP contribution in [-0.4, -0.2) is 44.3 Å². The van der Waals surface area contributed by atoms with Crippen molar-refractivity contribution in [1.82, 2.24) is 15.5 Å². The normalized spacial score (nSPS) is 11.8. The van der Waals surface area contributed by atoms with Gasteiger partial charge in [-0.15, -0.1) is 24.0 Å². The van der Waals surface area contributed by atoms with Crippen molar-refractivity contribution >= 4 is 29.9 Å². The minimum atomic E-state index is -4.35. The molecule has 2 rings (SSSR count). The maximum absolute atomic E-state index is 12.2. The van der Waals surface area contributed by atoms with E-state index in [2.05, 4.69) is 32.7 Å². The summed E-state index contributed by atoms with van der Waals surface area (Å²) in [5.74, 6) is 0.858. The van der Waals surface area contributed by atoms with Crippen LogP contribution in [0.25, 0.3) is 0 Å². The van der Waals surface area contributed by atoms with E-state index < -0.39 is 12.8 Å². The molecule has 0 unspecified atom stereocenters. The summed E-state index contributed by atoms with van der Waals surface area (Å²) in [4.78, 5) is 6.69. The Morgan fingerprint density at radius 2 is 1.65 bits per heavy atom. The number of alkyl halides is 3. The maximum atomic E-state index is 12.2. The molecular weight excluding hydrogens is 520 g/mol. The van der Waals surface area contributed by atoms with Gasteiger partial charge in [0, 0.05) is 19.6 Å². The van der Waals surface area contributed by atoms with Crippen LogP contribution in [0.15, 0.2) is 53.5 Å². The molecule has 0 aromatic heterocycles. The summed E-state index contributed by atoms with van der Waals surface area (Å²) in [5.41, 5.74) is 3.32. The van der Waals surface area contributed by atoms with Crippen LogP contribution < -0.4 is 15.4 Å². The SMILES string of the molecule is CCNC(=NCc1ccc(OCC(F)(F)F)cc1)NCc1ccccc1CN(C)C.I. The van der Waals surface area contributed by atoms with Gasteiger partial charge in [-0.1, -0.05) is 36.4 Å². The zero-order chi connectivity index (χ0) is 22.0. The van der Waals surface area contributed by atoms with Gasteiger partial charge >= 0.3 is 6.18 Å². The summed E-state index contributed by atoms with van der Waals surface area (Å²) in [5, 5.41) is 6.55.